The van der Waals surface area contributed by atoms with Crippen LogP contribution >= 0.6 is 0 Å². The molecule has 1 aromatic heterocycles. The van der Waals surface area contributed by atoms with Crippen molar-refractivity contribution in [1.82, 2.24) is 4.98 Å². The van der Waals surface area contributed by atoms with Gasteiger partial charge in [0.15, 0.2) is 0 Å². The van der Waals surface area contributed by atoms with E-state index in [-0.39, 0.29) is 22.7 Å². The van der Waals surface area contributed by atoms with E-state index in [0.29, 0.717) is 5.56 Å². The zero-order chi connectivity index (χ0) is 17.2. The van der Waals surface area contributed by atoms with Crippen LogP contribution < -0.4 is 4.74 Å². The second kappa shape index (κ2) is 6.28. The molecule has 2 aromatic rings. The molecule has 4 nitrogen and oxygen atoms in total. The summed E-state index contributed by atoms with van der Waals surface area (Å²) >= 11 is 0. The SMILES string of the molecule is COC(=O)c1c(C)cc(-c2cccc(C(F)(F)F)c2)nc1OC. The van der Waals surface area contributed by atoms with Crippen molar-refractivity contribution < 1.29 is 27.4 Å². The number of alkyl halides is 3. The first kappa shape index (κ1) is 16.8. The minimum atomic E-state index is -4.44. The highest BCUT2D eigenvalue weighted by Gasteiger charge is 2.30. The Morgan fingerprint density at radius 3 is 2.43 bits per heavy atom. The number of carbonyl (C=O) groups is 1. The summed E-state index contributed by atoms with van der Waals surface area (Å²) in [5.41, 5.74) is 0.419. The van der Waals surface area contributed by atoms with Crippen LogP contribution in [0.1, 0.15) is 21.5 Å². The number of hydrogen-bond acceptors (Lipinski definition) is 4. The van der Waals surface area contributed by atoms with Gasteiger partial charge in [-0.3, -0.25) is 0 Å². The van der Waals surface area contributed by atoms with Gasteiger partial charge in [0.2, 0.25) is 5.88 Å². The molecule has 23 heavy (non-hydrogen) atoms. The molecule has 1 heterocycles. The summed E-state index contributed by atoms with van der Waals surface area (Å²) in [6, 6.07) is 6.31. The molecule has 0 atom stereocenters. The molecule has 0 unspecified atom stereocenters. The van der Waals surface area contributed by atoms with Crippen LogP contribution in [0.2, 0.25) is 0 Å². The van der Waals surface area contributed by atoms with Gasteiger partial charge in [-0.2, -0.15) is 13.2 Å². The first-order chi connectivity index (χ1) is 10.8. The summed E-state index contributed by atoms with van der Waals surface area (Å²) < 4.78 is 48.2. The van der Waals surface area contributed by atoms with E-state index in [9.17, 15) is 18.0 Å². The lowest BCUT2D eigenvalue weighted by Crippen LogP contribution is -2.09. The van der Waals surface area contributed by atoms with E-state index in [1.807, 2.05) is 0 Å². The maximum absolute atomic E-state index is 12.8. The standard InChI is InChI=1S/C16H14F3NO3/c1-9-7-12(20-14(22-2)13(9)15(21)23-3)10-5-4-6-11(8-10)16(17,18)19/h4-8H,1-3H3. The topological polar surface area (TPSA) is 48.4 Å². The maximum Gasteiger partial charge on any atom is 0.416 e. The van der Waals surface area contributed by atoms with Gasteiger partial charge in [-0.1, -0.05) is 12.1 Å². The third kappa shape index (κ3) is 3.44. The van der Waals surface area contributed by atoms with Crippen molar-refractivity contribution in [3.05, 3.63) is 47.0 Å². The largest absolute Gasteiger partial charge is 0.480 e. The molecule has 0 aliphatic carbocycles. The first-order valence-corrected chi connectivity index (χ1v) is 6.59. The molecule has 0 amide bonds. The lowest BCUT2D eigenvalue weighted by Gasteiger charge is -2.13. The van der Waals surface area contributed by atoms with Crippen molar-refractivity contribution in [3.8, 4) is 17.1 Å². The average Bonchev–Trinajstić information content (AvgIpc) is 2.52. The number of carbonyl (C=O) groups excluding carboxylic acids is 1. The summed E-state index contributed by atoms with van der Waals surface area (Å²) in [5, 5.41) is 0. The van der Waals surface area contributed by atoms with E-state index < -0.39 is 17.7 Å². The first-order valence-electron chi connectivity index (χ1n) is 6.59. The maximum atomic E-state index is 12.8. The molecular formula is C16H14F3NO3. The van der Waals surface area contributed by atoms with Gasteiger partial charge in [0, 0.05) is 5.56 Å². The van der Waals surface area contributed by atoms with Gasteiger partial charge in [-0.25, -0.2) is 9.78 Å². The molecule has 0 bridgehead atoms. The Morgan fingerprint density at radius 1 is 1.17 bits per heavy atom. The van der Waals surface area contributed by atoms with E-state index in [2.05, 4.69) is 9.72 Å². The Kier molecular flexibility index (Phi) is 4.58. The van der Waals surface area contributed by atoms with E-state index in [1.54, 1.807) is 6.92 Å². The van der Waals surface area contributed by atoms with Crippen LogP contribution in [0.4, 0.5) is 13.2 Å². The van der Waals surface area contributed by atoms with Gasteiger partial charge in [0.05, 0.1) is 25.5 Å². The summed E-state index contributed by atoms with van der Waals surface area (Å²) in [4.78, 5) is 15.9. The van der Waals surface area contributed by atoms with Gasteiger partial charge >= 0.3 is 12.1 Å². The van der Waals surface area contributed by atoms with Gasteiger partial charge < -0.3 is 9.47 Å². The van der Waals surface area contributed by atoms with Crippen LogP contribution in [0.15, 0.2) is 30.3 Å². The number of halogens is 3. The highest BCUT2D eigenvalue weighted by Crippen LogP contribution is 2.33. The Hall–Kier alpha value is -2.57. The fourth-order valence-electron chi connectivity index (χ4n) is 2.14. The number of pyridine rings is 1. The predicted molar refractivity (Wildman–Crippen MR) is 77.3 cm³/mol. The predicted octanol–water partition coefficient (Wildman–Crippen LogP) is 3.87. The molecule has 0 aliphatic heterocycles. The van der Waals surface area contributed by atoms with E-state index in [1.165, 1.54) is 32.4 Å². The quantitative estimate of drug-likeness (QED) is 0.804. The number of benzene rings is 1. The summed E-state index contributed by atoms with van der Waals surface area (Å²) in [6.07, 6.45) is -4.44. The summed E-state index contributed by atoms with van der Waals surface area (Å²) in [5.74, 6) is -0.619. The smallest absolute Gasteiger partial charge is 0.416 e. The molecule has 0 spiro atoms. The minimum Gasteiger partial charge on any atom is -0.480 e. The molecule has 1 aromatic carbocycles. The number of rotatable bonds is 3. The average molecular weight is 325 g/mol. The Bertz CT molecular complexity index is 742. The molecule has 7 heteroatoms. The van der Waals surface area contributed by atoms with Gasteiger partial charge in [-0.05, 0) is 30.7 Å². The van der Waals surface area contributed by atoms with Crippen LogP contribution in [0, 0.1) is 6.92 Å². The molecule has 0 saturated heterocycles. The van der Waals surface area contributed by atoms with Gasteiger partial charge in [0.25, 0.3) is 0 Å². The number of methoxy groups -OCH3 is 2. The van der Waals surface area contributed by atoms with Gasteiger partial charge in [-0.15, -0.1) is 0 Å². The molecule has 0 N–H and O–H groups in total. The fourth-order valence-corrected chi connectivity index (χ4v) is 2.14. The summed E-state index contributed by atoms with van der Waals surface area (Å²) in [6.45, 7) is 1.63. The highest BCUT2D eigenvalue weighted by atomic mass is 19.4. The second-order valence-corrected chi connectivity index (χ2v) is 4.78. The third-order valence-corrected chi connectivity index (χ3v) is 3.25. The van der Waals surface area contributed by atoms with Crippen molar-refractivity contribution >= 4 is 5.97 Å². The molecule has 2 rings (SSSR count). The van der Waals surface area contributed by atoms with Crippen LogP contribution in [-0.2, 0) is 10.9 Å². The Balaban J connectivity index is 2.58. The molecule has 122 valence electrons. The van der Waals surface area contributed by atoms with Crippen LogP contribution in [0.25, 0.3) is 11.3 Å². The van der Waals surface area contributed by atoms with Crippen molar-refractivity contribution in [2.75, 3.05) is 14.2 Å². The van der Waals surface area contributed by atoms with Gasteiger partial charge in [0.1, 0.15) is 5.56 Å². The lowest BCUT2D eigenvalue weighted by molar-refractivity contribution is -0.137. The number of aryl methyl sites for hydroxylation is 1. The second-order valence-electron chi connectivity index (χ2n) is 4.78. The van der Waals surface area contributed by atoms with Crippen LogP contribution in [0.3, 0.4) is 0 Å². The van der Waals surface area contributed by atoms with Crippen LogP contribution in [-0.4, -0.2) is 25.2 Å². The zero-order valence-electron chi connectivity index (χ0n) is 12.7. The van der Waals surface area contributed by atoms with E-state index in [0.717, 1.165) is 12.1 Å². The number of hydrogen-bond donors (Lipinski definition) is 0. The van der Waals surface area contributed by atoms with Crippen molar-refractivity contribution in [2.45, 2.75) is 13.1 Å². The lowest BCUT2D eigenvalue weighted by atomic mass is 10.0. The van der Waals surface area contributed by atoms with E-state index in [4.69, 9.17) is 4.74 Å². The van der Waals surface area contributed by atoms with Crippen molar-refractivity contribution in [1.29, 1.82) is 0 Å². The fraction of sp³-hybridized carbons (Fsp3) is 0.250. The van der Waals surface area contributed by atoms with Crippen molar-refractivity contribution in [3.63, 3.8) is 0 Å². The molecule has 0 aliphatic rings. The number of nitrogens with zero attached hydrogens (tertiary/aromatic N) is 1. The third-order valence-electron chi connectivity index (χ3n) is 3.25. The molecule has 0 radical (unpaired) electrons. The minimum absolute atomic E-state index is 0.00395. The zero-order valence-corrected chi connectivity index (χ0v) is 12.7. The Morgan fingerprint density at radius 2 is 1.87 bits per heavy atom. The monoisotopic (exact) mass is 325 g/mol. The molecule has 0 saturated carbocycles. The normalized spacial score (nSPS) is 11.2. The van der Waals surface area contributed by atoms with Crippen LogP contribution in [0.5, 0.6) is 5.88 Å². The number of ether oxygens (including phenoxy) is 2. The Labute approximate surface area is 130 Å². The molecule has 0 fully saturated rings. The molecular weight excluding hydrogens is 311 g/mol. The van der Waals surface area contributed by atoms with Crippen molar-refractivity contribution in [2.24, 2.45) is 0 Å². The summed E-state index contributed by atoms with van der Waals surface area (Å²) in [7, 11) is 2.55. The number of aromatic nitrogens is 1. The van der Waals surface area contributed by atoms with E-state index >= 15 is 0 Å². The highest BCUT2D eigenvalue weighted by molar-refractivity contribution is 5.94. The number of esters is 1.